The summed E-state index contributed by atoms with van der Waals surface area (Å²) in [5.74, 6) is -1.21. The van der Waals surface area contributed by atoms with Gasteiger partial charge in [0.1, 0.15) is 5.75 Å². The summed E-state index contributed by atoms with van der Waals surface area (Å²) in [5.41, 5.74) is 3.87. The molecule has 0 aliphatic heterocycles. The first-order valence-electron chi connectivity index (χ1n) is 7.32. The Hall–Kier alpha value is -2.50. The molecule has 0 saturated carbocycles. The van der Waals surface area contributed by atoms with Crippen molar-refractivity contribution in [1.82, 2.24) is 0 Å². The van der Waals surface area contributed by atoms with E-state index in [1.807, 2.05) is 43.4 Å². The third kappa shape index (κ3) is 4.28. The van der Waals surface area contributed by atoms with Crippen LogP contribution in [0.1, 0.15) is 22.3 Å². The molecular weight excluding hydrogens is 319 g/mol. The van der Waals surface area contributed by atoms with Crippen molar-refractivity contribution in [3.63, 3.8) is 0 Å². The van der Waals surface area contributed by atoms with E-state index in [-0.39, 0.29) is 5.69 Å². The average molecular weight is 337 g/mol. The van der Waals surface area contributed by atoms with Crippen molar-refractivity contribution in [1.29, 1.82) is 0 Å². The van der Waals surface area contributed by atoms with Crippen molar-refractivity contribution in [2.75, 3.05) is 12.4 Å². The van der Waals surface area contributed by atoms with Crippen LogP contribution in [0, 0.1) is 13.8 Å². The highest BCUT2D eigenvalue weighted by molar-refractivity contribution is 5.95. The van der Waals surface area contributed by atoms with Crippen LogP contribution in [0.15, 0.2) is 36.4 Å². The molecular formula is C18H18F3NO2. The normalized spacial score (nSPS) is 11.2. The molecule has 2 aromatic carbocycles. The maximum atomic E-state index is 12.3. The molecule has 0 heterocycles. The number of anilines is 1. The zero-order chi connectivity index (χ0) is 17.9. The van der Waals surface area contributed by atoms with Crippen LogP contribution in [0.25, 0.3) is 0 Å². The third-order valence-electron chi connectivity index (χ3n) is 3.75. The molecule has 0 bridgehead atoms. The second kappa shape index (κ2) is 6.95. The minimum Gasteiger partial charge on any atom is -0.497 e. The number of nitrogens with one attached hydrogen (secondary N) is 1. The molecule has 0 aromatic heterocycles. The fourth-order valence-corrected chi connectivity index (χ4v) is 2.49. The van der Waals surface area contributed by atoms with Crippen LogP contribution >= 0.6 is 0 Å². The number of benzene rings is 2. The maximum Gasteiger partial charge on any atom is 0.471 e. The van der Waals surface area contributed by atoms with E-state index in [4.69, 9.17) is 4.74 Å². The van der Waals surface area contributed by atoms with E-state index in [2.05, 4.69) is 0 Å². The molecule has 2 aromatic rings. The van der Waals surface area contributed by atoms with Crippen LogP contribution in [0.4, 0.5) is 18.9 Å². The largest absolute Gasteiger partial charge is 0.497 e. The first-order valence-corrected chi connectivity index (χ1v) is 7.32. The minimum atomic E-state index is -4.90. The first kappa shape index (κ1) is 17.8. The van der Waals surface area contributed by atoms with Gasteiger partial charge in [0, 0.05) is 5.69 Å². The molecule has 6 heteroatoms. The standard InChI is InChI=1S/C18H18F3NO2/c1-11-8-14(22-17(23)18(19,20)21)9-12(2)16(11)10-13-4-6-15(24-3)7-5-13/h4-9H,10H2,1-3H3,(H,22,23). The van der Waals surface area contributed by atoms with Gasteiger partial charge in [0.2, 0.25) is 0 Å². The van der Waals surface area contributed by atoms with E-state index < -0.39 is 12.1 Å². The molecule has 3 nitrogen and oxygen atoms in total. The van der Waals surface area contributed by atoms with Crippen molar-refractivity contribution >= 4 is 11.6 Å². The lowest BCUT2D eigenvalue weighted by Crippen LogP contribution is -2.30. The van der Waals surface area contributed by atoms with E-state index in [1.165, 1.54) is 0 Å². The van der Waals surface area contributed by atoms with Crippen LogP contribution < -0.4 is 10.1 Å². The van der Waals surface area contributed by atoms with Gasteiger partial charge in [-0.25, -0.2) is 0 Å². The summed E-state index contributed by atoms with van der Waals surface area (Å²) >= 11 is 0. The molecule has 128 valence electrons. The SMILES string of the molecule is COc1ccc(Cc2c(C)cc(NC(=O)C(F)(F)F)cc2C)cc1. The molecule has 2 rings (SSSR count). The number of aryl methyl sites for hydroxylation is 2. The second-order valence-electron chi connectivity index (χ2n) is 5.57. The molecule has 0 radical (unpaired) electrons. The van der Waals surface area contributed by atoms with Gasteiger partial charge in [0.25, 0.3) is 0 Å². The summed E-state index contributed by atoms with van der Waals surface area (Å²) in [4.78, 5) is 11.0. The topological polar surface area (TPSA) is 38.3 Å². The summed E-state index contributed by atoms with van der Waals surface area (Å²) < 4.78 is 42.1. The van der Waals surface area contributed by atoms with Gasteiger partial charge in [-0.3, -0.25) is 4.79 Å². The summed E-state index contributed by atoms with van der Waals surface area (Å²) in [5, 5.41) is 1.89. The summed E-state index contributed by atoms with van der Waals surface area (Å²) in [6.45, 7) is 3.63. The highest BCUT2D eigenvalue weighted by Crippen LogP contribution is 2.25. The molecule has 0 aliphatic rings. The second-order valence-corrected chi connectivity index (χ2v) is 5.57. The molecule has 1 N–H and O–H groups in total. The van der Waals surface area contributed by atoms with Crippen LogP contribution in [0.5, 0.6) is 5.75 Å². The molecule has 0 aliphatic carbocycles. The lowest BCUT2D eigenvalue weighted by molar-refractivity contribution is -0.167. The fraction of sp³-hybridized carbons (Fsp3) is 0.278. The van der Waals surface area contributed by atoms with Crippen LogP contribution in [-0.2, 0) is 11.2 Å². The quantitative estimate of drug-likeness (QED) is 0.898. The third-order valence-corrected chi connectivity index (χ3v) is 3.75. The van der Waals surface area contributed by atoms with E-state index in [9.17, 15) is 18.0 Å². The molecule has 0 unspecified atom stereocenters. The Morgan fingerprint density at radius 2 is 1.62 bits per heavy atom. The number of carbonyl (C=O) groups is 1. The van der Waals surface area contributed by atoms with Gasteiger partial charge in [-0.2, -0.15) is 13.2 Å². The van der Waals surface area contributed by atoms with Gasteiger partial charge in [0.05, 0.1) is 7.11 Å². The zero-order valence-corrected chi connectivity index (χ0v) is 13.6. The smallest absolute Gasteiger partial charge is 0.471 e. The highest BCUT2D eigenvalue weighted by Gasteiger charge is 2.38. The number of alkyl halides is 3. The lowest BCUT2D eigenvalue weighted by atomic mass is 9.95. The first-order chi connectivity index (χ1) is 11.2. The van der Waals surface area contributed by atoms with Gasteiger partial charge >= 0.3 is 12.1 Å². The van der Waals surface area contributed by atoms with Gasteiger partial charge < -0.3 is 10.1 Å². The molecule has 1 amide bonds. The van der Waals surface area contributed by atoms with Crippen LogP contribution in [0.2, 0.25) is 0 Å². The molecule has 24 heavy (non-hydrogen) atoms. The Morgan fingerprint density at radius 1 is 1.08 bits per heavy atom. The number of halogens is 3. The van der Waals surface area contributed by atoms with Crippen molar-refractivity contribution in [3.05, 3.63) is 58.7 Å². The Kier molecular flexibility index (Phi) is 5.17. The Morgan fingerprint density at radius 3 is 2.08 bits per heavy atom. The number of hydrogen-bond donors (Lipinski definition) is 1. The predicted octanol–water partition coefficient (Wildman–Crippen LogP) is 4.40. The summed E-state index contributed by atoms with van der Waals surface area (Å²) in [7, 11) is 1.59. The van der Waals surface area contributed by atoms with Gasteiger partial charge in [-0.15, -0.1) is 0 Å². The zero-order valence-electron chi connectivity index (χ0n) is 13.6. The Labute approximate surface area is 138 Å². The minimum absolute atomic E-state index is 0.144. The van der Waals surface area contributed by atoms with Crippen molar-refractivity contribution in [2.24, 2.45) is 0 Å². The van der Waals surface area contributed by atoms with E-state index in [0.29, 0.717) is 6.42 Å². The fourth-order valence-electron chi connectivity index (χ4n) is 2.49. The maximum absolute atomic E-state index is 12.3. The molecule has 0 fully saturated rings. The highest BCUT2D eigenvalue weighted by atomic mass is 19.4. The number of methoxy groups -OCH3 is 1. The summed E-state index contributed by atoms with van der Waals surface area (Å²) in [6.07, 6.45) is -4.25. The van der Waals surface area contributed by atoms with E-state index in [1.54, 1.807) is 19.2 Å². The van der Waals surface area contributed by atoms with Crippen molar-refractivity contribution < 1.29 is 22.7 Å². The number of carbonyl (C=O) groups excluding carboxylic acids is 1. The van der Waals surface area contributed by atoms with Gasteiger partial charge in [0.15, 0.2) is 0 Å². The number of amides is 1. The predicted molar refractivity (Wildman–Crippen MR) is 86.4 cm³/mol. The monoisotopic (exact) mass is 337 g/mol. The molecule has 0 atom stereocenters. The molecule has 0 saturated heterocycles. The van der Waals surface area contributed by atoms with Gasteiger partial charge in [-0.05, 0) is 66.8 Å². The number of rotatable bonds is 4. The van der Waals surface area contributed by atoms with Crippen LogP contribution in [0.3, 0.4) is 0 Å². The lowest BCUT2D eigenvalue weighted by Gasteiger charge is -2.14. The van der Waals surface area contributed by atoms with E-state index in [0.717, 1.165) is 28.0 Å². The number of hydrogen-bond acceptors (Lipinski definition) is 2. The van der Waals surface area contributed by atoms with Crippen molar-refractivity contribution in [2.45, 2.75) is 26.4 Å². The molecule has 0 spiro atoms. The number of ether oxygens (including phenoxy) is 1. The Balaban J connectivity index is 2.21. The van der Waals surface area contributed by atoms with Crippen LogP contribution in [-0.4, -0.2) is 19.2 Å². The van der Waals surface area contributed by atoms with E-state index >= 15 is 0 Å². The Bertz CT molecular complexity index is 714. The summed E-state index contributed by atoms with van der Waals surface area (Å²) in [6, 6.07) is 10.7. The average Bonchev–Trinajstić information content (AvgIpc) is 2.50. The van der Waals surface area contributed by atoms with Crippen molar-refractivity contribution in [3.8, 4) is 5.75 Å². The van der Waals surface area contributed by atoms with Gasteiger partial charge in [-0.1, -0.05) is 12.1 Å².